The Morgan fingerprint density at radius 2 is 1.89 bits per heavy atom. The fourth-order valence-electron chi connectivity index (χ4n) is 4.08. The molecule has 2 aromatic rings. The van der Waals surface area contributed by atoms with E-state index in [2.05, 4.69) is 20.9 Å². The fourth-order valence-corrected chi connectivity index (χ4v) is 4.19. The van der Waals surface area contributed by atoms with Crippen LogP contribution in [0.3, 0.4) is 0 Å². The molecule has 0 saturated carbocycles. The summed E-state index contributed by atoms with van der Waals surface area (Å²) in [5.74, 6) is -2.08. The molecule has 2 saturated heterocycles. The second-order valence-electron chi connectivity index (χ2n) is 8.36. The molecule has 13 nitrogen and oxygen atoms in total. The van der Waals surface area contributed by atoms with Crippen LogP contribution in [0.5, 0.6) is 0 Å². The number of hydrogen-bond acceptors (Lipinski definition) is 7. The van der Waals surface area contributed by atoms with E-state index in [1.807, 2.05) is 0 Å². The number of carboxylic acids is 1. The fraction of sp³-hybridized carbons (Fsp3) is 0.304. The Morgan fingerprint density at radius 3 is 2.51 bits per heavy atom. The largest absolute Gasteiger partial charge is 0.481 e. The highest BCUT2D eigenvalue weighted by Gasteiger charge is 2.41. The summed E-state index contributed by atoms with van der Waals surface area (Å²) in [4.78, 5) is 67.7. The number of carbonyl (C=O) groups excluding carboxylic acids is 4. The second-order valence-corrected chi connectivity index (χ2v) is 8.80. The number of anilines is 3. The molecular formula is C23H23ClN6O7. The molecule has 1 aromatic carbocycles. The van der Waals surface area contributed by atoms with Crippen LogP contribution in [0.15, 0.2) is 42.6 Å². The van der Waals surface area contributed by atoms with Gasteiger partial charge in [0, 0.05) is 32.0 Å². The predicted molar refractivity (Wildman–Crippen MR) is 131 cm³/mol. The van der Waals surface area contributed by atoms with Gasteiger partial charge in [-0.25, -0.2) is 19.5 Å². The molecule has 2 unspecified atom stereocenters. The molecule has 3 atom stereocenters. The van der Waals surface area contributed by atoms with Gasteiger partial charge >= 0.3 is 18.0 Å². The number of aliphatic carboxylic acids is 1. The third-order valence-corrected chi connectivity index (χ3v) is 6.14. The number of carbonyl (C=O) groups is 5. The van der Waals surface area contributed by atoms with E-state index in [0.29, 0.717) is 10.7 Å². The molecule has 0 radical (unpaired) electrons. The van der Waals surface area contributed by atoms with Gasteiger partial charge < -0.3 is 25.4 Å². The number of ether oxygens (including phenoxy) is 1. The van der Waals surface area contributed by atoms with Gasteiger partial charge in [-0.05, 0) is 36.4 Å². The SMILES string of the molecule is COC1CC(C(=O)Nc2ccc(N3C(=O)N[C@H](CC(=O)O)C3=O)cc2)N(C(=O)Nc2ccc(Cl)cn2)C1. The normalized spacial score (nSPS) is 21.1. The Labute approximate surface area is 215 Å². The lowest BCUT2D eigenvalue weighted by molar-refractivity contribution is -0.139. The number of rotatable bonds is 7. The summed E-state index contributed by atoms with van der Waals surface area (Å²) in [5, 5.41) is 17.0. The number of halogens is 1. The highest BCUT2D eigenvalue weighted by atomic mass is 35.5. The lowest BCUT2D eigenvalue weighted by Gasteiger charge is -2.24. The van der Waals surface area contributed by atoms with E-state index in [9.17, 15) is 24.0 Å². The van der Waals surface area contributed by atoms with Crippen LogP contribution in [-0.2, 0) is 19.1 Å². The lowest BCUT2D eigenvalue weighted by atomic mass is 10.1. The molecule has 2 aliphatic rings. The van der Waals surface area contributed by atoms with Crippen molar-refractivity contribution in [2.24, 2.45) is 0 Å². The monoisotopic (exact) mass is 530 g/mol. The third-order valence-electron chi connectivity index (χ3n) is 5.91. The molecule has 2 fully saturated rings. The van der Waals surface area contributed by atoms with Gasteiger partial charge in [-0.1, -0.05) is 11.6 Å². The number of aromatic nitrogens is 1. The molecule has 2 aliphatic heterocycles. The molecular weight excluding hydrogens is 508 g/mol. The van der Waals surface area contributed by atoms with Crippen molar-refractivity contribution >= 4 is 58.6 Å². The number of imide groups is 1. The standard InChI is InChI=1S/C23H23ClN6O7/c1-37-15-8-17(29(11-15)22(35)28-18-7-2-12(24)10-25-18)20(33)26-13-3-5-14(6-4-13)30-21(34)16(9-19(31)32)27-23(30)36/h2-7,10,15-17H,8-9,11H2,1H3,(H,26,33)(H,27,36)(H,31,32)(H,25,28,35)/t15?,16-,17?/m1/s1. The first-order valence-electron chi connectivity index (χ1n) is 11.2. The van der Waals surface area contributed by atoms with Gasteiger partial charge in [0.1, 0.15) is 17.9 Å². The van der Waals surface area contributed by atoms with Gasteiger partial charge in [0.15, 0.2) is 0 Å². The van der Waals surface area contributed by atoms with Crippen LogP contribution >= 0.6 is 11.6 Å². The molecule has 6 amide bonds. The van der Waals surface area contributed by atoms with Crippen molar-refractivity contribution in [2.75, 3.05) is 29.2 Å². The van der Waals surface area contributed by atoms with E-state index in [1.54, 1.807) is 6.07 Å². The first-order chi connectivity index (χ1) is 17.7. The molecule has 14 heteroatoms. The molecule has 0 spiro atoms. The first-order valence-corrected chi connectivity index (χ1v) is 11.5. The van der Waals surface area contributed by atoms with Gasteiger partial charge in [-0.15, -0.1) is 0 Å². The van der Waals surface area contributed by atoms with Crippen molar-refractivity contribution in [3.63, 3.8) is 0 Å². The van der Waals surface area contributed by atoms with Gasteiger partial charge in [-0.2, -0.15) is 0 Å². The predicted octanol–water partition coefficient (Wildman–Crippen LogP) is 1.89. The first kappa shape index (κ1) is 25.9. The van der Waals surface area contributed by atoms with Crippen molar-refractivity contribution in [3.8, 4) is 0 Å². The Hall–Kier alpha value is -4.23. The maximum absolute atomic E-state index is 13.1. The third kappa shape index (κ3) is 5.78. The number of amides is 6. The Bertz CT molecular complexity index is 1220. The minimum Gasteiger partial charge on any atom is -0.481 e. The zero-order valence-corrected chi connectivity index (χ0v) is 20.3. The number of urea groups is 2. The summed E-state index contributed by atoms with van der Waals surface area (Å²) in [6.45, 7) is 0.191. The Morgan fingerprint density at radius 1 is 1.16 bits per heavy atom. The zero-order chi connectivity index (χ0) is 26.7. The number of carboxylic acid groups (broad SMARTS) is 1. The highest BCUT2D eigenvalue weighted by molar-refractivity contribution is 6.30. The van der Waals surface area contributed by atoms with Crippen LogP contribution in [-0.4, -0.2) is 76.7 Å². The number of pyridine rings is 1. The van der Waals surface area contributed by atoms with Gasteiger partial charge in [0.05, 0.1) is 23.2 Å². The van der Waals surface area contributed by atoms with E-state index < -0.39 is 48.4 Å². The number of benzene rings is 1. The van der Waals surface area contributed by atoms with Gasteiger partial charge in [0.2, 0.25) is 5.91 Å². The van der Waals surface area contributed by atoms with Crippen LogP contribution < -0.4 is 20.9 Å². The lowest BCUT2D eigenvalue weighted by Crippen LogP contribution is -2.45. The molecule has 37 heavy (non-hydrogen) atoms. The molecule has 3 heterocycles. The summed E-state index contributed by atoms with van der Waals surface area (Å²) >= 11 is 5.82. The molecule has 0 aliphatic carbocycles. The van der Waals surface area contributed by atoms with Crippen molar-refractivity contribution in [3.05, 3.63) is 47.6 Å². The van der Waals surface area contributed by atoms with Gasteiger partial charge in [0.25, 0.3) is 5.91 Å². The van der Waals surface area contributed by atoms with E-state index >= 15 is 0 Å². The van der Waals surface area contributed by atoms with E-state index in [-0.39, 0.29) is 30.6 Å². The number of hydrogen-bond donors (Lipinski definition) is 4. The zero-order valence-electron chi connectivity index (χ0n) is 19.5. The van der Waals surface area contributed by atoms with E-state index in [0.717, 1.165) is 4.90 Å². The quantitative estimate of drug-likeness (QED) is 0.393. The Kier molecular flexibility index (Phi) is 7.55. The maximum atomic E-state index is 13.1. The molecule has 4 N–H and O–H groups in total. The van der Waals surface area contributed by atoms with E-state index in [1.165, 1.54) is 48.5 Å². The summed E-state index contributed by atoms with van der Waals surface area (Å²) < 4.78 is 5.37. The van der Waals surface area contributed by atoms with Crippen LogP contribution in [0.4, 0.5) is 26.8 Å². The van der Waals surface area contributed by atoms with Crippen molar-refractivity contribution in [1.29, 1.82) is 0 Å². The number of likely N-dealkylation sites (tertiary alicyclic amines) is 1. The molecule has 0 bridgehead atoms. The number of nitrogens with one attached hydrogen (secondary N) is 3. The van der Waals surface area contributed by atoms with Crippen LogP contribution in [0.2, 0.25) is 5.02 Å². The average molecular weight is 531 g/mol. The van der Waals surface area contributed by atoms with Crippen LogP contribution in [0.1, 0.15) is 12.8 Å². The summed E-state index contributed by atoms with van der Waals surface area (Å²) in [5.41, 5.74) is 0.577. The summed E-state index contributed by atoms with van der Waals surface area (Å²) in [6.07, 6.45) is 0.783. The van der Waals surface area contributed by atoms with Crippen molar-refractivity contribution < 1.29 is 33.8 Å². The summed E-state index contributed by atoms with van der Waals surface area (Å²) in [6, 6.07) is 5.73. The highest BCUT2D eigenvalue weighted by Crippen LogP contribution is 2.25. The maximum Gasteiger partial charge on any atom is 0.329 e. The number of nitrogens with zero attached hydrogens (tertiary/aromatic N) is 3. The molecule has 4 rings (SSSR count). The van der Waals surface area contributed by atoms with Crippen molar-refractivity contribution in [2.45, 2.75) is 31.0 Å². The van der Waals surface area contributed by atoms with E-state index in [4.69, 9.17) is 21.4 Å². The molecule has 194 valence electrons. The minimum absolute atomic E-state index is 0.191. The van der Waals surface area contributed by atoms with Crippen molar-refractivity contribution in [1.82, 2.24) is 15.2 Å². The summed E-state index contributed by atoms with van der Waals surface area (Å²) in [7, 11) is 1.50. The Balaban J connectivity index is 1.42. The minimum atomic E-state index is -1.21. The smallest absolute Gasteiger partial charge is 0.329 e. The number of methoxy groups -OCH3 is 1. The van der Waals surface area contributed by atoms with Crippen LogP contribution in [0.25, 0.3) is 0 Å². The van der Waals surface area contributed by atoms with Crippen LogP contribution in [0, 0.1) is 0 Å². The molecule has 1 aromatic heterocycles. The topological polar surface area (TPSA) is 170 Å². The average Bonchev–Trinajstić information content (AvgIpc) is 3.42. The second kappa shape index (κ2) is 10.8. The van der Waals surface area contributed by atoms with Gasteiger partial charge in [-0.3, -0.25) is 19.7 Å².